The number of fused-ring (bicyclic) bond motifs is 3. The quantitative estimate of drug-likeness (QED) is 0.609. The van der Waals surface area contributed by atoms with Gasteiger partial charge < -0.3 is 4.90 Å². The number of aromatic nitrogens is 2. The molecule has 0 spiro atoms. The molecule has 5 rings (SSSR count). The molecule has 0 atom stereocenters. The van der Waals surface area contributed by atoms with Crippen LogP contribution in [0.15, 0.2) is 35.4 Å². The van der Waals surface area contributed by atoms with Gasteiger partial charge in [-0.2, -0.15) is 13.2 Å². The van der Waals surface area contributed by atoms with Crippen LogP contribution in [0.25, 0.3) is 10.2 Å². The van der Waals surface area contributed by atoms with E-state index in [2.05, 4.69) is 9.88 Å². The molecule has 1 aliphatic heterocycles. The number of rotatable bonds is 4. The summed E-state index contributed by atoms with van der Waals surface area (Å²) in [6.45, 7) is 4.09. The number of halogens is 3. The zero-order valence-electron chi connectivity index (χ0n) is 17.0. The van der Waals surface area contributed by atoms with Crippen molar-refractivity contribution in [3.8, 4) is 0 Å². The molecule has 3 heterocycles. The number of benzene rings is 1. The Morgan fingerprint density at radius 2 is 1.87 bits per heavy atom. The maximum Gasteiger partial charge on any atom is 0.416 e. The van der Waals surface area contributed by atoms with Gasteiger partial charge in [-0.05, 0) is 43.0 Å². The first-order chi connectivity index (χ1) is 14.9. The van der Waals surface area contributed by atoms with Gasteiger partial charge in [0.05, 0.1) is 17.3 Å². The van der Waals surface area contributed by atoms with Crippen LogP contribution in [-0.4, -0.2) is 47.2 Å². The number of aryl methyl sites for hydroxylation is 2. The van der Waals surface area contributed by atoms with Crippen molar-refractivity contribution < 1.29 is 13.2 Å². The second-order valence-corrected chi connectivity index (χ2v) is 9.24. The zero-order chi connectivity index (χ0) is 21.6. The lowest BCUT2D eigenvalue weighted by molar-refractivity contribution is -0.137. The average Bonchev–Trinajstić information content (AvgIpc) is 3.34. The van der Waals surface area contributed by atoms with E-state index in [1.807, 2.05) is 4.90 Å². The molecule has 31 heavy (non-hydrogen) atoms. The molecule has 2 aromatic heterocycles. The van der Waals surface area contributed by atoms with E-state index in [-0.39, 0.29) is 5.56 Å². The van der Waals surface area contributed by atoms with Crippen LogP contribution >= 0.6 is 11.3 Å². The van der Waals surface area contributed by atoms with Crippen LogP contribution < -0.4 is 10.5 Å². The van der Waals surface area contributed by atoms with E-state index in [0.717, 1.165) is 55.2 Å². The fraction of sp³-hybridized carbons (Fsp3) is 0.455. The number of anilines is 1. The minimum Gasteiger partial charge on any atom is -0.369 e. The molecular formula is C22H23F3N4OS. The van der Waals surface area contributed by atoms with Gasteiger partial charge in [0, 0.05) is 49.8 Å². The summed E-state index contributed by atoms with van der Waals surface area (Å²) in [5.74, 6) is 0. The van der Waals surface area contributed by atoms with Crippen molar-refractivity contribution >= 4 is 27.2 Å². The van der Waals surface area contributed by atoms with Gasteiger partial charge >= 0.3 is 6.18 Å². The number of alkyl halides is 3. The number of thiophene rings is 1. The fourth-order valence-electron chi connectivity index (χ4n) is 4.54. The van der Waals surface area contributed by atoms with Gasteiger partial charge in [-0.1, -0.05) is 6.07 Å². The highest BCUT2D eigenvalue weighted by atomic mass is 32.1. The maximum absolute atomic E-state index is 13.0. The van der Waals surface area contributed by atoms with Gasteiger partial charge in [-0.3, -0.25) is 14.3 Å². The topological polar surface area (TPSA) is 41.4 Å². The molecule has 1 aliphatic carbocycles. The first-order valence-electron chi connectivity index (χ1n) is 10.5. The second-order valence-electron chi connectivity index (χ2n) is 8.16. The van der Waals surface area contributed by atoms with E-state index in [4.69, 9.17) is 0 Å². The van der Waals surface area contributed by atoms with Crippen molar-refractivity contribution in [2.45, 2.75) is 32.0 Å². The van der Waals surface area contributed by atoms with Gasteiger partial charge in [0.25, 0.3) is 5.56 Å². The van der Waals surface area contributed by atoms with Crippen molar-refractivity contribution in [1.29, 1.82) is 0 Å². The van der Waals surface area contributed by atoms with Crippen LogP contribution in [0.2, 0.25) is 0 Å². The van der Waals surface area contributed by atoms with Gasteiger partial charge in [0.2, 0.25) is 0 Å². The van der Waals surface area contributed by atoms with E-state index < -0.39 is 11.7 Å². The molecule has 164 valence electrons. The summed E-state index contributed by atoms with van der Waals surface area (Å²) < 4.78 is 40.6. The van der Waals surface area contributed by atoms with Crippen LogP contribution in [0.1, 0.15) is 22.4 Å². The Bertz CT molecular complexity index is 1160. The second kappa shape index (κ2) is 7.94. The predicted molar refractivity (Wildman–Crippen MR) is 116 cm³/mol. The van der Waals surface area contributed by atoms with Crippen LogP contribution in [0, 0.1) is 0 Å². The Morgan fingerprint density at radius 3 is 2.65 bits per heavy atom. The molecule has 1 aromatic carbocycles. The fourth-order valence-corrected chi connectivity index (χ4v) is 5.76. The maximum atomic E-state index is 13.0. The molecule has 1 fully saturated rings. The highest BCUT2D eigenvalue weighted by Crippen LogP contribution is 2.34. The third kappa shape index (κ3) is 3.96. The molecule has 0 unspecified atom stereocenters. The molecule has 9 heteroatoms. The van der Waals surface area contributed by atoms with Crippen molar-refractivity contribution in [3.63, 3.8) is 0 Å². The number of piperazine rings is 1. The molecule has 0 bridgehead atoms. The number of nitrogens with zero attached hydrogens (tertiary/aromatic N) is 4. The molecule has 0 radical (unpaired) electrons. The van der Waals surface area contributed by atoms with Crippen LogP contribution in [0.3, 0.4) is 0 Å². The molecule has 0 amide bonds. The summed E-state index contributed by atoms with van der Waals surface area (Å²) in [6, 6.07) is 5.51. The third-order valence-corrected chi connectivity index (χ3v) is 7.46. The summed E-state index contributed by atoms with van der Waals surface area (Å²) in [5.41, 5.74) is 1.23. The van der Waals surface area contributed by atoms with Crippen molar-refractivity contribution in [2.24, 2.45) is 0 Å². The molecule has 5 nitrogen and oxygen atoms in total. The van der Waals surface area contributed by atoms with Crippen molar-refractivity contribution in [2.75, 3.05) is 37.6 Å². The Balaban J connectivity index is 1.22. The first kappa shape index (κ1) is 20.5. The molecular weight excluding hydrogens is 425 g/mol. The van der Waals surface area contributed by atoms with Crippen molar-refractivity contribution in [1.82, 2.24) is 14.5 Å². The number of hydrogen-bond acceptors (Lipinski definition) is 5. The molecule has 3 aromatic rings. The Hall–Kier alpha value is -2.39. The third-order valence-electron chi connectivity index (χ3n) is 6.26. The van der Waals surface area contributed by atoms with Gasteiger partial charge in [0.15, 0.2) is 0 Å². The number of hydrogen-bond donors (Lipinski definition) is 0. The Kier molecular flexibility index (Phi) is 5.26. The van der Waals surface area contributed by atoms with Crippen LogP contribution in [0.4, 0.5) is 18.9 Å². The van der Waals surface area contributed by atoms with Gasteiger partial charge in [0.1, 0.15) is 4.83 Å². The van der Waals surface area contributed by atoms with E-state index in [0.29, 0.717) is 25.3 Å². The van der Waals surface area contributed by atoms with E-state index >= 15 is 0 Å². The lowest BCUT2D eigenvalue weighted by Crippen LogP contribution is -2.47. The van der Waals surface area contributed by atoms with E-state index in [9.17, 15) is 18.0 Å². The standard InChI is InChI=1S/C22H23F3N4OS/c23-22(24,25)15-3-1-4-16(13-15)28-10-7-27(8-11-28)9-12-29-14-26-20-19(21(29)30)17-5-2-6-18(17)31-20/h1,3-4,13-14H,2,5-12H2. The summed E-state index contributed by atoms with van der Waals surface area (Å²) in [5, 5.41) is 0.800. The first-order valence-corrected chi connectivity index (χ1v) is 11.4. The van der Waals surface area contributed by atoms with E-state index in [1.165, 1.54) is 22.6 Å². The summed E-state index contributed by atoms with van der Waals surface area (Å²) in [6.07, 6.45) is 0.444. The van der Waals surface area contributed by atoms with Gasteiger partial charge in [-0.25, -0.2) is 4.98 Å². The minimum atomic E-state index is -4.33. The zero-order valence-corrected chi connectivity index (χ0v) is 17.8. The van der Waals surface area contributed by atoms with Crippen molar-refractivity contribution in [3.05, 3.63) is 57.0 Å². The molecule has 0 N–H and O–H groups in total. The molecule has 2 aliphatic rings. The summed E-state index contributed by atoms with van der Waals surface area (Å²) >= 11 is 1.65. The largest absolute Gasteiger partial charge is 0.416 e. The van der Waals surface area contributed by atoms with Crippen LogP contribution in [0.5, 0.6) is 0 Å². The molecule has 1 saturated heterocycles. The summed E-state index contributed by atoms with van der Waals surface area (Å²) in [4.78, 5) is 23.9. The smallest absolute Gasteiger partial charge is 0.369 e. The minimum absolute atomic E-state index is 0.0481. The Morgan fingerprint density at radius 1 is 1.06 bits per heavy atom. The lowest BCUT2D eigenvalue weighted by atomic mass is 10.1. The van der Waals surface area contributed by atoms with Gasteiger partial charge in [-0.15, -0.1) is 11.3 Å². The van der Waals surface area contributed by atoms with Crippen LogP contribution in [-0.2, 0) is 25.6 Å². The SMILES string of the molecule is O=c1c2c3c(sc2ncn1CCN1CCN(c2cccc(C(F)(F)F)c2)CC1)CCC3. The lowest BCUT2D eigenvalue weighted by Gasteiger charge is -2.36. The monoisotopic (exact) mass is 448 g/mol. The summed E-state index contributed by atoms with van der Waals surface area (Å²) in [7, 11) is 0. The highest BCUT2D eigenvalue weighted by Gasteiger charge is 2.31. The Labute approximate surface area is 181 Å². The predicted octanol–water partition coefficient (Wildman–Crippen LogP) is 3.79. The normalized spacial score (nSPS) is 17.5. The highest BCUT2D eigenvalue weighted by molar-refractivity contribution is 7.18. The molecule has 0 saturated carbocycles. The van der Waals surface area contributed by atoms with E-state index in [1.54, 1.807) is 28.3 Å². The average molecular weight is 449 g/mol.